The number of amides is 3. The predicted octanol–water partition coefficient (Wildman–Crippen LogP) is 0.594. The highest BCUT2D eigenvalue weighted by Crippen LogP contribution is 2.07. The van der Waals surface area contributed by atoms with Crippen LogP contribution in [0.25, 0.3) is 0 Å². The van der Waals surface area contributed by atoms with Crippen LogP contribution in [-0.2, 0) is 14.4 Å². The van der Waals surface area contributed by atoms with Crippen molar-refractivity contribution in [2.75, 3.05) is 6.54 Å². The largest absolute Gasteiger partial charge is 0.275 e. The van der Waals surface area contributed by atoms with E-state index in [1.54, 1.807) is 6.92 Å². The fraction of sp³-hybridized carbons (Fsp3) is 0.500. The Balaban J connectivity index is 2.07. The normalized spacial score (nSPS) is 14.8. The van der Waals surface area contributed by atoms with Crippen molar-refractivity contribution in [2.45, 2.75) is 32.6 Å². The summed E-state index contributed by atoms with van der Waals surface area (Å²) in [6.45, 7) is 2.14. The van der Waals surface area contributed by atoms with Crippen molar-refractivity contribution in [3.8, 4) is 0 Å². The SMILES string of the molecule is C/C=N/NC(=O)CCCCCN1C(=O)C=CC1=O. The van der Waals surface area contributed by atoms with Crippen LogP contribution < -0.4 is 5.43 Å². The monoisotopic (exact) mass is 251 g/mol. The van der Waals surface area contributed by atoms with Gasteiger partial charge in [0.25, 0.3) is 11.8 Å². The Morgan fingerprint density at radius 2 is 1.94 bits per heavy atom. The lowest BCUT2D eigenvalue weighted by atomic mass is 10.2. The number of nitrogens with zero attached hydrogens (tertiary/aromatic N) is 2. The molecule has 0 unspecified atom stereocenters. The van der Waals surface area contributed by atoms with Gasteiger partial charge in [-0.25, -0.2) is 5.43 Å². The molecule has 0 saturated carbocycles. The van der Waals surface area contributed by atoms with Gasteiger partial charge in [-0.15, -0.1) is 0 Å². The van der Waals surface area contributed by atoms with E-state index in [1.807, 2.05) is 0 Å². The number of carbonyl (C=O) groups is 3. The van der Waals surface area contributed by atoms with E-state index in [4.69, 9.17) is 0 Å². The summed E-state index contributed by atoms with van der Waals surface area (Å²) in [5.74, 6) is -0.631. The maximum atomic E-state index is 11.2. The van der Waals surface area contributed by atoms with Crippen molar-refractivity contribution in [3.05, 3.63) is 12.2 Å². The van der Waals surface area contributed by atoms with Crippen LogP contribution in [0.2, 0.25) is 0 Å². The van der Waals surface area contributed by atoms with Crippen LogP contribution in [0.15, 0.2) is 17.3 Å². The molecule has 6 heteroatoms. The Hall–Kier alpha value is -1.98. The molecule has 1 aliphatic rings. The number of imide groups is 1. The third-order valence-electron chi connectivity index (χ3n) is 2.50. The molecule has 0 fully saturated rings. The average molecular weight is 251 g/mol. The lowest BCUT2D eigenvalue weighted by molar-refractivity contribution is -0.136. The summed E-state index contributed by atoms with van der Waals surface area (Å²) in [6.07, 6.45) is 6.68. The first-order chi connectivity index (χ1) is 8.65. The minimum atomic E-state index is -0.255. The lowest BCUT2D eigenvalue weighted by Gasteiger charge is -2.12. The minimum Gasteiger partial charge on any atom is -0.275 e. The van der Waals surface area contributed by atoms with Crippen LogP contribution in [0.5, 0.6) is 0 Å². The maximum Gasteiger partial charge on any atom is 0.253 e. The van der Waals surface area contributed by atoms with Gasteiger partial charge in [0.15, 0.2) is 0 Å². The summed E-state index contributed by atoms with van der Waals surface area (Å²) >= 11 is 0. The van der Waals surface area contributed by atoms with Crippen LogP contribution in [0, 0.1) is 0 Å². The highest BCUT2D eigenvalue weighted by Gasteiger charge is 2.22. The standard InChI is InChI=1S/C12H17N3O3/c1-2-13-14-10(16)6-4-3-5-9-15-11(17)7-8-12(15)18/h2,7-8H,3-6,9H2,1H3,(H,14,16)/b13-2+. The van der Waals surface area contributed by atoms with E-state index >= 15 is 0 Å². The van der Waals surface area contributed by atoms with Crippen LogP contribution >= 0.6 is 0 Å². The Morgan fingerprint density at radius 3 is 2.56 bits per heavy atom. The molecule has 18 heavy (non-hydrogen) atoms. The van der Waals surface area contributed by atoms with Crippen molar-refractivity contribution in [1.29, 1.82) is 0 Å². The molecular weight excluding hydrogens is 234 g/mol. The number of carbonyl (C=O) groups excluding carboxylic acids is 3. The third-order valence-corrected chi connectivity index (χ3v) is 2.50. The molecule has 6 nitrogen and oxygen atoms in total. The molecule has 0 aromatic rings. The highest BCUT2D eigenvalue weighted by molar-refractivity contribution is 6.12. The molecule has 1 N–H and O–H groups in total. The second-order valence-corrected chi connectivity index (χ2v) is 3.89. The molecule has 1 aliphatic heterocycles. The van der Waals surface area contributed by atoms with Gasteiger partial charge in [0, 0.05) is 31.3 Å². The van der Waals surface area contributed by atoms with Gasteiger partial charge in [-0.05, 0) is 19.8 Å². The Morgan fingerprint density at radius 1 is 1.28 bits per heavy atom. The molecule has 98 valence electrons. The molecule has 0 spiro atoms. The summed E-state index contributed by atoms with van der Waals surface area (Å²) in [4.78, 5) is 34.8. The zero-order chi connectivity index (χ0) is 13.4. The number of nitrogens with one attached hydrogen (secondary N) is 1. The fourth-order valence-electron chi connectivity index (χ4n) is 1.58. The second-order valence-electron chi connectivity index (χ2n) is 3.89. The van der Waals surface area contributed by atoms with Gasteiger partial charge in [-0.1, -0.05) is 6.42 Å². The zero-order valence-electron chi connectivity index (χ0n) is 10.4. The van der Waals surface area contributed by atoms with Crippen LogP contribution in [0.4, 0.5) is 0 Å². The van der Waals surface area contributed by atoms with E-state index in [1.165, 1.54) is 23.3 Å². The quantitative estimate of drug-likeness (QED) is 0.311. The summed E-state index contributed by atoms with van der Waals surface area (Å²) < 4.78 is 0. The van der Waals surface area contributed by atoms with Crippen molar-refractivity contribution < 1.29 is 14.4 Å². The lowest BCUT2D eigenvalue weighted by Crippen LogP contribution is -2.30. The molecule has 0 radical (unpaired) electrons. The predicted molar refractivity (Wildman–Crippen MR) is 66.6 cm³/mol. The molecule has 0 aromatic heterocycles. The summed E-state index contributed by atoms with van der Waals surface area (Å²) in [5, 5.41) is 3.62. The summed E-state index contributed by atoms with van der Waals surface area (Å²) in [6, 6.07) is 0. The van der Waals surface area contributed by atoms with E-state index in [0.717, 1.165) is 6.42 Å². The maximum absolute atomic E-state index is 11.2. The number of rotatable bonds is 7. The van der Waals surface area contributed by atoms with Crippen LogP contribution in [0.3, 0.4) is 0 Å². The number of hydrogen-bond donors (Lipinski definition) is 1. The molecule has 3 amide bonds. The Bertz CT molecular complexity index is 370. The first kappa shape index (κ1) is 14.1. The van der Waals surface area contributed by atoms with Gasteiger partial charge < -0.3 is 0 Å². The Kier molecular flexibility index (Phi) is 5.76. The number of hydrogen-bond acceptors (Lipinski definition) is 4. The van der Waals surface area contributed by atoms with Crippen molar-refractivity contribution in [2.24, 2.45) is 5.10 Å². The minimum absolute atomic E-state index is 0.122. The fourth-order valence-corrected chi connectivity index (χ4v) is 1.58. The van der Waals surface area contributed by atoms with Crippen molar-refractivity contribution in [1.82, 2.24) is 10.3 Å². The van der Waals surface area contributed by atoms with Crippen molar-refractivity contribution >= 4 is 23.9 Å². The van der Waals surface area contributed by atoms with Gasteiger partial charge in [0.05, 0.1) is 0 Å². The smallest absolute Gasteiger partial charge is 0.253 e. The number of unbranched alkanes of at least 4 members (excludes halogenated alkanes) is 2. The van der Waals surface area contributed by atoms with Crippen molar-refractivity contribution in [3.63, 3.8) is 0 Å². The highest BCUT2D eigenvalue weighted by atomic mass is 16.2. The molecule has 0 atom stereocenters. The van der Waals surface area contributed by atoms with Gasteiger partial charge >= 0.3 is 0 Å². The molecule has 0 bridgehead atoms. The molecule has 0 aliphatic carbocycles. The Labute approximate surface area is 106 Å². The van der Waals surface area contributed by atoms with E-state index in [0.29, 0.717) is 25.8 Å². The average Bonchev–Trinajstić information content (AvgIpc) is 2.67. The third kappa shape index (κ3) is 4.48. The molecule has 0 aromatic carbocycles. The van der Waals surface area contributed by atoms with Gasteiger partial charge in [-0.3, -0.25) is 19.3 Å². The summed E-state index contributed by atoms with van der Waals surface area (Å²) in [7, 11) is 0. The first-order valence-corrected chi connectivity index (χ1v) is 5.95. The van der Waals surface area contributed by atoms with E-state index in [2.05, 4.69) is 10.5 Å². The van der Waals surface area contributed by atoms with Gasteiger partial charge in [-0.2, -0.15) is 5.10 Å². The first-order valence-electron chi connectivity index (χ1n) is 5.95. The van der Waals surface area contributed by atoms with Crippen LogP contribution in [-0.4, -0.2) is 35.4 Å². The van der Waals surface area contributed by atoms with E-state index in [9.17, 15) is 14.4 Å². The van der Waals surface area contributed by atoms with E-state index in [-0.39, 0.29) is 17.7 Å². The zero-order valence-corrected chi connectivity index (χ0v) is 10.4. The van der Waals surface area contributed by atoms with E-state index < -0.39 is 0 Å². The number of hydrazone groups is 1. The molecule has 1 heterocycles. The molecule has 1 rings (SSSR count). The second kappa shape index (κ2) is 7.37. The topological polar surface area (TPSA) is 78.8 Å². The van der Waals surface area contributed by atoms with Gasteiger partial charge in [0.2, 0.25) is 5.91 Å². The molecule has 0 saturated heterocycles. The van der Waals surface area contributed by atoms with Crippen LogP contribution in [0.1, 0.15) is 32.6 Å². The molecular formula is C12H17N3O3. The summed E-state index contributed by atoms with van der Waals surface area (Å²) in [5.41, 5.74) is 2.38. The van der Waals surface area contributed by atoms with Gasteiger partial charge in [0.1, 0.15) is 0 Å².